The summed E-state index contributed by atoms with van der Waals surface area (Å²) < 4.78 is 6.22. The van der Waals surface area contributed by atoms with Crippen LogP contribution in [-0.2, 0) is 0 Å². The summed E-state index contributed by atoms with van der Waals surface area (Å²) in [4.78, 5) is 4.29. The van der Waals surface area contributed by atoms with Gasteiger partial charge in [0.05, 0.1) is 18.8 Å². The lowest BCUT2D eigenvalue weighted by Crippen LogP contribution is -2.06. The second-order valence-corrected chi connectivity index (χ2v) is 5.36. The molecule has 3 nitrogen and oxygen atoms in total. The van der Waals surface area contributed by atoms with E-state index in [9.17, 15) is 0 Å². The summed E-state index contributed by atoms with van der Waals surface area (Å²) >= 11 is 5.16. The third kappa shape index (κ3) is 2.98. The van der Waals surface area contributed by atoms with Gasteiger partial charge in [0.2, 0.25) is 0 Å². The Labute approximate surface area is 113 Å². The van der Waals surface area contributed by atoms with Gasteiger partial charge in [-0.15, -0.1) is 11.3 Å². The van der Waals surface area contributed by atoms with Crippen molar-refractivity contribution in [2.45, 2.75) is 13.0 Å². The zero-order valence-corrected chi connectivity index (χ0v) is 12.0. The standard InChI is InChI=1S/C12H13BrN2OS/c1-8(12-14-5-6-17-12)15-11-7-9(16-2)3-4-10(11)13/h3-8,15H,1-2H3. The second kappa shape index (κ2) is 5.51. The number of methoxy groups -OCH3 is 1. The van der Waals surface area contributed by atoms with E-state index in [-0.39, 0.29) is 6.04 Å². The Balaban J connectivity index is 2.18. The highest BCUT2D eigenvalue weighted by atomic mass is 79.9. The molecule has 1 heterocycles. The van der Waals surface area contributed by atoms with Crippen molar-refractivity contribution in [1.82, 2.24) is 4.98 Å². The average molecular weight is 313 g/mol. The quantitative estimate of drug-likeness (QED) is 0.923. The molecule has 1 atom stereocenters. The fourth-order valence-electron chi connectivity index (χ4n) is 1.49. The molecule has 0 aliphatic rings. The Kier molecular flexibility index (Phi) is 4.02. The third-order valence-electron chi connectivity index (χ3n) is 2.37. The van der Waals surface area contributed by atoms with Gasteiger partial charge in [0.25, 0.3) is 0 Å². The SMILES string of the molecule is COc1ccc(Br)c(NC(C)c2nccs2)c1. The maximum Gasteiger partial charge on any atom is 0.121 e. The molecule has 1 unspecified atom stereocenters. The number of aromatic nitrogens is 1. The minimum Gasteiger partial charge on any atom is -0.497 e. The smallest absolute Gasteiger partial charge is 0.121 e. The van der Waals surface area contributed by atoms with Crippen molar-refractivity contribution in [2.75, 3.05) is 12.4 Å². The van der Waals surface area contributed by atoms with E-state index in [1.165, 1.54) is 0 Å². The topological polar surface area (TPSA) is 34.1 Å². The highest BCUT2D eigenvalue weighted by Gasteiger charge is 2.10. The average Bonchev–Trinajstić information content (AvgIpc) is 2.85. The Morgan fingerprint density at radius 3 is 2.94 bits per heavy atom. The Morgan fingerprint density at radius 1 is 1.47 bits per heavy atom. The molecule has 5 heteroatoms. The molecule has 0 saturated carbocycles. The molecule has 0 aliphatic heterocycles. The zero-order chi connectivity index (χ0) is 12.3. The van der Waals surface area contributed by atoms with Crippen molar-refractivity contribution in [3.05, 3.63) is 39.3 Å². The molecule has 1 aromatic heterocycles. The zero-order valence-electron chi connectivity index (χ0n) is 9.61. The summed E-state index contributed by atoms with van der Waals surface area (Å²) in [6.45, 7) is 2.09. The van der Waals surface area contributed by atoms with Gasteiger partial charge >= 0.3 is 0 Å². The normalized spacial score (nSPS) is 12.2. The highest BCUT2D eigenvalue weighted by molar-refractivity contribution is 9.10. The molecule has 0 saturated heterocycles. The molecular formula is C12H13BrN2OS. The molecule has 0 radical (unpaired) electrons. The van der Waals surface area contributed by atoms with E-state index in [0.717, 1.165) is 20.9 Å². The van der Waals surface area contributed by atoms with Crippen molar-refractivity contribution in [1.29, 1.82) is 0 Å². The lowest BCUT2D eigenvalue weighted by Gasteiger charge is -2.15. The number of nitrogens with one attached hydrogen (secondary N) is 1. The number of nitrogens with zero attached hydrogens (tertiary/aromatic N) is 1. The molecule has 0 bridgehead atoms. The molecule has 1 aromatic carbocycles. The van der Waals surface area contributed by atoms with Crippen LogP contribution in [0.4, 0.5) is 5.69 Å². The highest BCUT2D eigenvalue weighted by Crippen LogP contribution is 2.30. The van der Waals surface area contributed by atoms with Crippen LogP contribution in [-0.4, -0.2) is 12.1 Å². The lowest BCUT2D eigenvalue weighted by molar-refractivity contribution is 0.415. The number of hydrogen-bond acceptors (Lipinski definition) is 4. The van der Waals surface area contributed by atoms with Gasteiger partial charge in [-0.05, 0) is 35.0 Å². The van der Waals surface area contributed by atoms with Crippen LogP contribution in [0.5, 0.6) is 5.75 Å². The Bertz CT molecular complexity index is 487. The molecule has 1 N–H and O–H groups in total. The van der Waals surface area contributed by atoms with E-state index < -0.39 is 0 Å². The molecule has 2 aromatic rings. The predicted octanol–water partition coefficient (Wildman–Crippen LogP) is 4.09. The van der Waals surface area contributed by atoms with E-state index in [0.29, 0.717) is 0 Å². The van der Waals surface area contributed by atoms with Gasteiger partial charge in [-0.2, -0.15) is 0 Å². The van der Waals surface area contributed by atoms with Gasteiger partial charge in [0, 0.05) is 22.1 Å². The molecule has 0 aliphatic carbocycles. The van der Waals surface area contributed by atoms with Gasteiger partial charge < -0.3 is 10.1 Å². The maximum atomic E-state index is 5.21. The van der Waals surface area contributed by atoms with Crippen LogP contribution in [0, 0.1) is 0 Å². The third-order valence-corrected chi connectivity index (χ3v) is 4.02. The van der Waals surface area contributed by atoms with E-state index in [1.54, 1.807) is 18.4 Å². The molecule has 0 spiro atoms. The molecule has 0 fully saturated rings. The number of thiazole rings is 1. The molecular weight excluding hydrogens is 300 g/mol. The van der Waals surface area contributed by atoms with E-state index in [1.807, 2.05) is 29.8 Å². The molecule has 90 valence electrons. The summed E-state index contributed by atoms with van der Waals surface area (Å²) in [5.41, 5.74) is 1.01. The Hall–Kier alpha value is -1.07. The number of benzene rings is 1. The monoisotopic (exact) mass is 312 g/mol. The van der Waals surface area contributed by atoms with Gasteiger partial charge in [0.1, 0.15) is 10.8 Å². The van der Waals surface area contributed by atoms with Crippen LogP contribution in [0.15, 0.2) is 34.2 Å². The van der Waals surface area contributed by atoms with Crippen LogP contribution in [0.2, 0.25) is 0 Å². The predicted molar refractivity (Wildman–Crippen MR) is 74.8 cm³/mol. The van der Waals surface area contributed by atoms with Crippen LogP contribution < -0.4 is 10.1 Å². The summed E-state index contributed by atoms with van der Waals surface area (Å²) in [6.07, 6.45) is 1.82. The number of halogens is 1. The van der Waals surface area contributed by atoms with Crippen LogP contribution in [0.1, 0.15) is 18.0 Å². The fourth-order valence-corrected chi connectivity index (χ4v) is 2.49. The number of anilines is 1. The van der Waals surface area contributed by atoms with Crippen molar-refractivity contribution in [3.63, 3.8) is 0 Å². The van der Waals surface area contributed by atoms with Crippen molar-refractivity contribution < 1.29 is 4.74 Å². The lowest BCUT2D eigenvalue weighted by atomic mass is 10.2. The minimum atomic E-state index is 0.179. The fraction of sp³-hybridized carbons (Fsp3) is 0.250. The van der Waals surface area contributed by atoms with Crippen LogP contribution in [0.3, 0.4) is 0 Å². The first-order valence-corrected chi connectivity index (χ1v) is 6.87. The van der Waals surface area contributed by atoms with Crippen molar-refractivity contribution in [3.8, 4) is 5.75 Å². The first-order valence-electron chi connectivity index (χ1n) is 5.20. The van der Waals surface area contributed by atoms with Gasteiger partial charge in [-0.3, -0.25) is 0 Å². The summed E-state index contributed by atoms with van der Waals surface area (Å²) in [5, 5.41) is 6.46. The number of ether oxygens (including phenoxy) is 1. The molecule has 17 heavy (non-hydrogen) atoms. The van der Waals surface area contributed by atoms with E-state index in [4.69, 9.17) is 4.74 Å². The number of rotatable bonds is 4. The molecule has 0 amide bonds. The van der Waals surface area contributed by atoms with Crippen LogP contribution in [0.25, 0.3) is 0 Å². The summed E-state index contributed by atoms with van der Waals surface area (Å²) in [7, 11) is 1.66. The van der Waals surface area contributed by atoms with Crippen molar-refractivity contribution in [2.24, 2.45) is 0 Å². The first-order chi connectivity index (χ1) is 8.20. The maximum absolute atomic E-state index is 5.21. The first kappa shape index (κ1) is 12.4. The molecule has 2 rings (SSSR count). The Morgan fingerprint density at radius 2 is 2.29 bits per heavy atom. The van der Waals surface area contributed by atoms with Gasteiger partial charge in [0.15, 0.2) is 0 Å². The van der Waals surface area contributed by atoms with Crippen molar-refractivity contribution >= 4 is 33.0 Å². The summed E-state index contributed by atoms with van der Waals surface area (Å²) in [6, 6.07) is 6.03. The van der Waals surface area contributed by atoms with E-state index >= 15 is 0 Å². The van der Waals surface area contributed by atoms with Gasteiger partial charge in [-0.1, -0.05) is 0 Å². The number of hydrogen-bond donors (Lipinski definition) is 1. The summed E-state index contributed by atoms with van der Waals surface area (Å²) in [5.74, 6) is 0.835. The van der Waals surface area contributed by atoms with Gasteiger partial charge in [-0.25, -0.2) is 4.98 Å². The largest absolute Gasteiger partial charge is 0.497 e. The van der Waals surface area contributed by atoms with E-state index in [2.05, 4.69) is 33.2 Å². The van der Waals surface area contributed by atoms with Crippen LogP contribution >= 0.6 is 27.3 Å². The minimum absolute atomic E-state index is 0.179. The second-order valence-electron chi connectivity index (χ2n) is 3.58.